The maximum atomic E-state index is 10.4. The highest BCUT2D eigenvalue weighted by atomic mass is 16.7. The number of amides is 2. The Morgan fingerprint density at radius 2 is 1.36 bits per heavy atom. The molecule has 0 aliphatic carbocycles. The molecule has 0 aliphatic rings. The molecule has 0 saturated carbocycles. The second-order valence-corrected chi connectivity index (χ2v) is 1.51. The van der Waals surface area contributed by atoms with Crippen LogP contribution in [0.15, 0.2) is 0 Å². The molecule has 0 fully saturated rings. The first-order valence-corrected chi connectivity index (χ1v) is 3.45. The van der Waals surface area contributed by atoms with E-state index in [1.807, 2.05) is 13.8 Å². The largest absolute Gasteiger partial charge is 0.272 e. The summed E-state index contributed by atoms with van der Waals surface area (Å²) in [5, 5.41) is 0.681. The third kappa shape index (κ3) is 5.54. The van der Waals surface area contributed by atoms with Crippen molar-refractivity contribution in [3.05, 3.63) is 0 Å². The molecule has 0 unspecified atom stereocenters. The van der Waals surface area contributed by atoms with E-state index in [1.165, 1.54) is 21.0 Å². The summed E-state index contributed by atoms with van der Waals surface area (Å²) < 4.78 is 0. The van der Waals surface area contributed by atoms with Crippen molar-refractivity contribution >= 4 is 11.8 Å². The first-order valence-electron chi connectivity index (χ1n) is 3.45. The van der Waals surface area contributed by atoms with Gasteiger partial charge >= 0.3 is 0 Å². The van der Waals surface area contributed by atoms with Gasteiger partial charge in [-0.15, -0.1) is 0 Å². The molecule has 0 aromatic rings. The number of nitrogens with zero attached hydrogens (tertiary/aromatic N) is 1. The van der Waals surface area contributed by atoms with Crippen molar-refractivity contribution < 1.29 is 14.4 Å². The van der Waals surface area contributed by atoms with Gasteiger partial charge in [0.05, 0.1) is 7.11 Å². The van der Waals surface area contributed by atoms with Crippen molar-refractivity contribution in [2.24, 2.45) is 0 Å². The molecular weight excluding hydrogens is 146 g/mol. The second kappa shape index (κ2) is 7.21. The molecule has 0 spiro atoms. The zero-order valence-electron chi connectivity index (χ0n) is 7.67. The van der Waals surface area contributed by atoms with Gasteiger partial charge in [0.15, 0.2) is 0 Å². The van der Waals surface area contributed by atoms with Gasteiger partial charge in [-0.1, -0.05) is 13.8 Å². The van der Waals surface area contributed by atoms with E-state index in [1.54, 1.807) is 0 Å². The Morgan fingerprint density at radius 1 is 1.09 bits per heavy atom. The van der Waals surface area contributed by atoms with Gasteiger partial charge in [0.2, 0.25) is 11.8 Å². The lowest BCUT2D eigenvalue weighted by Crippen LogP contribution is -2.31. The average molecular weight is 161 g/mol. The number of hydrogen-bond donors (Lipinski definition) is 0. The van der Waals surface area contributed by atoms with E-state index in [9.17, 15) is 9.59 Å². The third-order valence-corrected chi connectivity index (χ3v) is 0.755. The van der Waals surface area contributed by atoms with E-state index in [0.29, 0.717) is 5.06 Å². The molecule has 0 aromatic heterocycles. The maximum Gasteiger partial charge on any atom is 0.250 e. The normalized spacial score (nSPS) is 7.73. The Morgan fingerprint density at radius 3 is 1.36 bits per heavy atom. The lowest BCUT2D eigenvalue weighted by atomic mass is 10.6. The van der Waals surface area contributed by atoms with E-state index >= 15 is 0 Å². The molecule has 0 N–H and O–H groups in total. The molecule has 66 valence electrons. The van der Waals surface area contributed by atoms with Crippen LogP contribution in [0.25, 0.3) is 0 Å². The Hall–Kier alpha value is -0.900. The van der Waals surface area contributed by atoms with E-state index in [-0.39, 0.29) is 0 Å². The van der Waals surface area contributed by atoms with Crippen LogP contribution in [0, 0.1) is 0 Å². The van der Waals surface area contributed by atoms with Gasteiger partial charge in [0, 0.05) is 13.8 Å². The van der Waals surface area contributed by atoms with Gasteiger partial charge in [-0.25, -0.2) is 0 Å². The highest BCUT2D eigenvalue weighted by molar-refractivity contribution is 5.91. The summed E-state index contributed by atoms with van der Waals surface area (Å²) in [5.74, 6) is -0.824. The number of imide groups is 1. The van der Waals surface area contributed by atoms with Crippen LogP contribution in [-0.4, -0.2) is 24.0 Å². The molecule has 0 radical (unpaired) electrons. The Balaban J connectivity index is 0. The quantitative estimate of drug-likeness (QED) is 0.538. The van der Waals surface area contributed by atoms with E-state index in [4.69, 9.17) is 0 Å². The molecule has 0 atom stereocenters. The minimum atomic E-state index is -0.412. The number of rotatable bonds is 1. The lowest BCUT2D eigenvalue weighted by molar-refractivity contribution is -0.184. The molecule has 0 aromatic carbocycles. The molecule has 11 heavy (non-hydrogen) atoms. The summed E-state index contributed by atoms with van der Waals surface area (Å²) in [5.41, 5.74) is 0. The summed E-state index contributed by atoms with van der Waals surface area (Å²) in [7, 11) is 1.27. The van der Waals surface area contributed by atoms with Gasteiger partial charge in [-0.2, -0.15) is 5.06 Å². The maximum absolute atomic E-state index is 10.4. The molecule has 0 saturated heterocycles. The topological polar surface area (TPSA) is 46.6 Å². The molecule has 4 nitrogen and oxygen atoms in total. The smallest absolute Gasteiger partial charge is 0.250 e. The molecule has 0 bridgehead atoms. The highest BCUT2D eigenvalue weighted by Gasteiger charge is 2.11. The number of carbonyl (C=O) groups excluding carboxylic acids is 2. The van der Waals surface area contributed by atoms with Crippen molar-refractivity contribution in [3.63, 3.8) is 0 Å². The van der Waals surface area contributed by atoms with Gasteiger partial charge in [0.1, 0.15) is 0 Å². The van der Waals surface area contributed by atoms with E-state index < -0.39 is 11.8 Å². The van der Waals surface area contributed by atoms with Crippen LogP contribution in [0.3, 0.4) is 0 Å². The summed E-state index contributed by atoms with van der Waals surface area (Å²) in [6.45, 7) is 6.51. The van der Waals surface area contributed by atoms with Crippen LogP contribution in [0.2, 0.25) is 0 Å². The first kappa shape index (κ1) is 12.7. The van der Waals surface area contributed by atoms with Gasteiger partial charge < -0.3 is 0 Å². The van der Waals surface area contributed by atoms with Crippen LogP contribution in [-0.2, 0) is 14.4 Å². The van der Waals surface area contributed by atoms with Crippen molar-refractivity contribution in [2.45, 2.75) is 27.7 Å². The summed E-state index contributed by atoms with van der Waals surface area (Å²) >= 11 is 0. The van der Waals surface area contributed by atoms with Crippen molar-refractivity contribution in [1.82, 2.24) is 5.06 Å². The van der Waals surface area contributed by atoms with E-state index in [0.717, 1.165) is 0 Å². The minimum absolute atomic E-state index is 0.412. The fourth-order valence-electron chi connectivity index (χ4n) is 0.479. The van der Waals surface area contributed by atoms with Crippen LogP contribution < -0.4 is 0 Å². The van der Waals surface area contributed by atoms with Crippen LogP contribution in [0.5, 0.6) is 0 Å². The number of hydroxylamine groups is 2. The third-order valence-electron chi connectivity index (χ3n) is 0.755. The fraction of sp³-hybridized carbons (Fsp3) is 0.714. The number of hydrogen-bond acceptors (Lipinski definition) is 3. The predicted octanol–water partition coefficient (Wildman–Crippen LogP) is 0.969. The van der Waals surface area contributed by atoms with Crippen molar-refractivity contribution in [2.75, 3.05) is 7.11 Å². The molecular formula is C7H15NO3. The fourth-order valence-corrected chi connectivity index (χ4v) is 0.479. The van der Waals surface area contributed by atoms with Crippen LogP contribution in [0.1, 0.15) is 27.7 Å². The molecule has 2 amide bonds. The lowest BCUT2D eigenvalue weighted by Gasteiger charge is -2.11. The highest BCUT2D eigenvalue weighted by Crippen LogP contribution is 1.88. The summed E-state index contributed by atoms with van der Waals surface area (Å²) in [6, 6.07) is 0. The van der Waals surface area contributed by atoms with Gasteiger partial charge in [-0.05, 0) is 0 Å². The van der Waals surface area contributed by atoms with Crippen LogP contribution >= 0.6 is 0 Å². The minimum Gasteiger partial charge on any atom is -0.272 e. The van der Waals surface area contributed by atoms with Gasteiger partial charge in [0.25, 0.3) is 0 Å². The zero-order chi connectivity index (χ0) is 9.44. The average Bonchev–Trinajstić information content (AvgIpc) is 1.91. The van der Waals surface area contributed by atoms with Crippen LogP contribution in [0.4, 0.5) is 0 Å². The Bertz CT molecular complexity index is 120. The molecule has 4 heteroatoms. The van der Waals surface area contributed by atoms with Crippen molar-refractivity contribution in [1.29, 1.82) is 0 Å². The number of carbonyl (C=O) groups is 2. The molecule has 0 aliphatic heterocycles. The molecule has 0 rings (SSSR count). The SMILES string of the molecule is CC.CON(C(C)=O)C(C)=O. The first-order chi connectivity index (χ1) is 5.09. The monoisotopic (exact) mass is 161 g/mol. The predicted molar refractivity (Wildman–Crippen MR) is 41.6 cm³/mol. The Labute approximate surface area is 67.1 Å². The summed E-state index contributed by atoms with van der Waals surface area (Å²) in [4.78, 5) is 25.2. The second-order valence-electron chi connectivity index (χ2n) is 1.51. The summed E-state index contributed by atoms with van der Waals surface area (Å²) in [6.07, 6.45) is 0. The Kier molecular flexibility index (Phi) is 8.36. The van der Waals surface area contributed by atoms with E-state index in [2.05, 4.69) is 4.84 Å². The standard InChI is InChI=1S/C5H9NO3.C2H6/c1-4(7)6(9-3)5(2)8;1-2/h1-3H3;1-2H3. The van der Waals surface area contributed by atoms with Crippen molar-refractivity contribution in [3.8, 4) is 0 Å². The zero-order valence-corrected chi connectivity index (χ0v) is 7.67. The van der Waals surface area contributed by atoms with Gasteiger partial charge in [-0.3, -0.25) is 14.4 Å². The molecule has 0 heterocycles.